The fraction of sp³-hybridized carbons (Fsp3) is 0.880. The van der Waals surface area contributed by atoms with Gasteiger partial charge in [0, 0.05) is 6.42 Å². The van der Waals surface area contributed by atoms with Crippen molar-refractivity contribution >= 4 is 5.97 Å². The molecular weight excluding hydrogens is 332 g/mol. The second kappa shape index (κ2) is 7.23. The van der Waals surface area contributed by atoms with E-state index in [-0.39, 0.29) is 5.97 Å². The molecule has 0 N–H and O–H groups in total. The lowest BCUT2D eigenvalue weighted by Crippen LogP contribution is -2.51. The van der Waals surface area contributed by atoms with Crippen molar-refractivity contribution in [3.05, 3.63) is 12.2 Å². The first-order valence-corrected chi connectivity index (χ1v) is 11.7. The van der Waals surface area contributed by atoms with Crippen molar-refractivity contribution < 1.29 is 9.53 Å². The number of carbonyl (C=O) groups excluding carboxylic acids is 1. The zero-order valence-electron chi connectivity index (χ0n) is 18.0. The summed E-state index contributed by atoms with van der Waals surface area (Å²) in [6, 6.07) is 0. The van der Waals surface area contributed by atoms with Gasteiger partial charge in [0.1, 0.15) is 0 Å². The molecule has 0 aromatic heterocycles. The fourth-order valence-electron chi connectivity index (χ4n) is 8.28. The van der Waals surface area contributed by atoms with Gasteiger partial charge in [0.05, 0.1) is 7.11 Å². The molecule has 0 heterocycles. The molecular formula is C25H40O2. The summed E-state index contributed by atoms with van der Waals surface area (Å²) in [4.78, 5) is 11.6. The Hall–Kier alpha value is -0.790. The lowest BCUT2D eigenvalue weighted by atomic mass is 9.46. The van der Waals surface area contributed by atoms with Crippen molar-refractivity contribution in [3.63, 3.8) is 0 Å². The van der Waals surface area contributed by atoms with E-state index in [0.717, 1.165) is 36.0 Å². The number of fused-ring (bicyclic) bond motifs is 5. The highest BCUT2D eigenvalue weighted by Gasteiger charge is 2.58. The van der Waals surface area contributed by atoms with E-state index in [1.54, 1.807) is 0 Å². The average Bonchev–Trinajstić information content (AvgIpc) is 3.02. The van der Waals surface area contributed by atoms with Crippen LogP contribution >= 0.6 is 0 Å². The Kier molecular flexibility index (Phi) is 5.23. The van der Waals surface area contributed by atoms with E-state index >= 15 is 0 Å². The molecule has 0 spiro atoms. The van der Waals surface area contributed by atoms with Crippen LogP contribution in [-0.2, 0) is 9.53 Å². The molecule has 152 valence electrons. The normalized spacial score (nSPS) is 46.9. The molecule has 8 atom stereocenters. The van der Waals surface area contributed by atoms with Crippen LogP contribution in [0.3, 0.4) is 0 Å². The highest BCUT2D eigenvalue weighted by Crippen LogP contribution is 2.66. The third-order valence-electron chi connectivity index (χ3n) is 9.86. The number of hydrogen-bond donors (Lipinski definition) is 0. The predicted octanol–water partition coefficient (Wildman–Crippen LogP) is 6.40. The summed E-state index contributed by atoms with van der Waals surface area (Å²) in [7, 11) is 1.51. The summed E-state index contributed by atoms with van der Waals surface area (Å²) < 4.78 is 4.88. The summed E-state index contributed by atoms with van der Waals surface area (Å²) in [6.07, 6.45) is 18.2. The zero-order chi connectivity index (χ0) is 19.2. The van der Waals surface area contributed by atoms with Gasteiger partial charge in [-0.15, -0.1) is 0 Å². The summed E-state index contributed by atoms with van der Waals surface area (Å²) in [5.74, 6) is 4.78. The number of rotatable bonds is 4. The maximum atomic E-state index is 11.6. The maximum absolute atomic E-state index is 11.6. The van der Waals surface area contributed by atoms with Gasteiger partial charge >= 0.3 is 5.97 Å². The van der Waals surface area contributed by atoms with Gasteiger partial charge in [0.2, 0.25) is 0 Å². The predicted molar refractivity (Wildman–Crippen MR) is 110 cm³/mol. The minimum absolute atomic E-state index is 0.0447. The largest absolute Gasteiger partial charge is 0.469 e. The Labute approximate surface area is 166 Å². The summed E-state index contributed by atoms with van der Waals surface area (Å²) >= 11 is 0. The van der Waals surface area contributed by atoms with Crippen molar-refractivity contribution in [3.8, 4) is 0 Å². The minimum atomic E-state index is -0.0447. The van der Waals surface area contributed by atoms with E-state index in [1.807, 2.05) is 0 Å². The Bertz CT molecular complexity index is 595. The number of carbonyl (C=O) groups is 1. The monoisotopic (exact) mass is 372 g/mol. The smallest absolute Gasteiger partial charge is 0.305 e. The molecule has 0 saturated heterocycles. The van der Waals surface area contributed by atoms with E-state index in [2.05, 4.69) is 32.9 Å². The summed E-state index contributed by atoms with van der Waals surface area (Å²) in [5.41, 5.74) is 1.03. The molecule has 2 heteroatoms. The van der Waals surface area contributed by atoms with Crippen LogP contribution in [0, 0.1) is 46.3 Å². The molecule has 2 nitrogen and oxygen atoms in total. The summed E-state index contributed by atoms with van der Waals surface area (Å²) in [5, 5.41) is 0. The quantitative estimate of drug-likeness (QED) is 0.421. The van der Waals surface area contributed by atoms with Crippen molar-refractivity contribution in [2.24, 2.45) is 46.3 Å². The maximum Gasteiger partial charge on any atom is 0.305 e. The van der Waals surface area contributed by atoms with E-state index in [9.17, 15) is 4.79 Å². The molecule has 4 aliphatic carbocycles. The van der Waals surface area contributed by atoms with Crippen molar-refractivity contribution in [2.45, 2.75) is 85.0 Å². The van der Waals surface area contributed by atoms with E-state index in [1.165, 1.54) is 58.5 Å². The molecule has 0 radical (unpaired) electrons. The van der Waals surface area contributed by atoms with Crippen LogP contribution in [0.4, 0.5) is 0 Å². The molecule has 0 aromatic carbocycles. The number of hydrogen-bond acceptors (Lipinski definition) is 2. The minimum Gasteiger partial charge on any atom is -0.469 e. The number of allylic oxidation sites excluding steroid dienone is 2. The molecule has 0 aromatic rings. The topological polar surface area (TPSA) is 26.3 Å². The lowest BCUT2D eigenvalue weighted by Gasteiger charge is -2.58. The number of esters is 1. The number of methoxy groups -OCH3 is 1. The van der Waals surface area contributed by atoms with Gasteiger partial charge in [-0.3, -0.25) is 4.79 Å². The highest BCUT2D eigenvalue weighted by molar-refractivity contribution is 5.69. The third-order valence-corrected chi connectivity index (χ3v) is 9.86. The van der Waals surface area contributed by atoms with Crippen LogP contribution in [0.1, 0.15) is 85.0 Å². The summed E-state index contributed by atoms with van der Waals surface area (Å²) in [6.45, 7) is 7.62. The zero-order valence-corrected chi connectivity index (χ0v) is 18.0. The molecule has 0 aliphatic heterocycles. The fourth-order valence-corrected chi connectivity index (χ4v) is 8.28. The molecule has 0 unspecified atom stereocenters. The highest BCUT2D eigenvalue weighted by atomic mass is 16.5. The van der Waals surface area contributed by atoms with Gasteiger partial charge in [0.15, 0.2) is 0 Å². The molecule has 0 amide bonds. The first-order chi connectivity index (χ1) is 12.9. The van der Waals surface area contributed by atoms with Crippen molar-refractivity contribution in [2.75, 3.05) is 7.11 Å². The van der Waals surface area contributed by atoms with Crippen LogP contribution in [-0.4, -0.2) is 13.1 Å². The second-order valence-corrected chi connectivity index (χ2v) is 10.9. The standard InChI is InChI=1S/C25H40O2/c1-17(8-13-23(26)27-4)20-11-12-21-19-10-9-18-7-5-6-15-24(18,2)22(19)14-16-25(20,21)3/h9-10,17-22H,5-8,11-16H2,1-4H3/t17-,18-,19-,20+,21-,22-,24+,25-/m1/s1. The van der Waals surface area contributed by atoms with Crippen LogP contribution in [0.5, 0.6) is 0 Å². The van der Waals surface area contributed by atoms with Gasteiger partial charge in [-0.25, -0.2) is 0 Å². The van der Waals surface area contributed by atoms with Gasteiger partial charge in [-0.1, -0.05) is 45.8 Å². The van der Waals surface area contributed by atoms with E-state index < -0.39 is 0 Å². The molecule has 27 heavy (non-hydrogen) atoms. The van der Waals surface area contributed by atoms with Gasteiger partial charge in [-0.05, 0) is 91.3 Å². The third kappa shape index (κ3) is 3.10. The lowest BCUT2D eigenvalue weighted by molar-refractivity contribution is -0.141. The van der Waals surface area contributed by atoms with Crippen molar-refractivity contribution in [1.82, 2.24) is 0 Å². The van der Waals surface area contributed by atoms with Gasteiger partial charge in [-0.2, -0.15) is 0 Å². The Morgan fingerprint density at radius 1 is 1.04 bits per heavy atom. The van der Waals surface area contributed by atoms with E-state index in [0.29, 0.717) is 23.2 Å². The SMILES string of the molecule is COC(=O)CC[C@@H](C)[C@@H]1CC[C@@H]2[C@H]3C=C[C@H]4CCCC[C@]4(C)[C@@H]3CC[C@@]21C. The van der Waals surface area contributed by atoms with Crippen LogP contribution in [0.2, 0.25) is 0 Å². The second-order valence-electron chi connectivity index (χ2n) is 10.9. The van der Waals surface area contributed by atoms with Gasteiger partial charge in [0.25, 0.3) is 0 Å². The molecule has 4 rings (SSSR count). The molecule has 0 bridgehead atoms. The van der Waals surface area contributed by atoms with Crippen molar-refractivity contribution in [1.29, 1.82) is 0 Å². The van der Waals surface area contributed by atoms with Crippen LogP contribution in [0.25, 0.3) is 0 Å². The van der Waals surface area contributed by atoms with E-state index in [4.69, 9.17) is 4.74 Å². The Morgan fingerprint density at radius 2 is 1.81 bits per heavy atom. The van der Waals surface area contributed by atoms with Crippen LogP contribution < -0.4 is 0 Å². The Balaban J connectivity index is 1.52. The molecule has 3 saturated carbocycles. The molecule has 4 aliphatic rings. The van der Waals surface area contributed by atoms with Gasteiger partial charge < -0.3 is 4.74 Å². The Morgan fingerprint density at radius 3 is 2.59 bits per heavy atom. The first-order valence-electron chi connectivity index (χ1n) is 11.7. The molecule has 3 fully saturated rings. The first kappa shape index (κ1) is 19.5. The average molecular weight is 373 g/mol. The number of ether oxygens (including phenoxy) is 1. The van der Waals surface area contributed by atoms with Crippen LogP contribution in [0.15, 0.2) is 12.2 Å².